The fourth-order valence-corrected chi connectivity index (χ4v) is 2.96. The highest BCUT2D eigenvalue weighted by Crippen LogP contribution is 2.17. The molecule has 0 aliphatic heterocycles. The number of nitrogens with zero attached hydrogens (tertiary/aromatic N) is 2. The maximum Gasteiger partial charge on any atom is 0.169 e. The highest BCUT2D eigenvalue weighted by atomic mass is 79.9. The summed E-state index contributed by atoms with van der Waals surface area (Å²) in [6.07, 6.45) is 9.91. The van der Waals surface area contributed by atoms with E-state index >= 15 is 0 Å². The third-order valence-corrected chi connectivity index (χ3v) is 4.40. The zero-order valence-electron chi connectivity index (χ0n) is 16.3. The van der Waals surface area contributed by atoms with Gasteiger partial charge in [-0.15, -0.1) is 0 Å². The number of hydrogen-bond donors (Lipinski definition) is 0. The number of aromatic nitrogens is 1. The summed E-state index contributed by atoms with van der Waals surface area (Å²) in [5, 5.41) is 2.57. The van der Waals surface area contributed by atoms with Gasteiger partial charge in [0.25, 0.3) is 0 Å². The lowest BCUT2D eigenvalue weighted by atomic mass is 10.1. The van der Waals surface area contributed by atoms with Crippen LogP contribution in [0, 0.1) is 0 Å². The van der Waals surface area contributed by atoms with Crippen molar-refractivity contribution in [3.8, 4) is 0 Å². The van der Waals surface area contributed by atoms with E-state index in [0.717, 1.165) is 11.0 Å². The van der Waals surface area contributed by atoms with E-state index in [1.165, 1.54) is 34.9 Å². The highest BCUT2D eigenvalue weighted by molar-refractivity contribution is 5.85. The molecule has 4 heteroatoms. The predicted octanol–water partition coefficient (Wildman–Crippen LogP) is -1.60. The van der Waals surface area contributed by atoms with E-state index in [4.69, 9.17) is 0 Å². The Morgan fingerprint density at radius 1 is 0.778 bits per heavy atom. The van der Waals surface area contributed by atoms with Gasteiger partial charge in [0.15, 0.2) is 18.9 Å². The molecule has 3 rings (SSSR count). The van der Waals surface area contributed by atoms with Gasteiger partial charge in [0.2, 0.25) is 0 Å². The Kier molecular flexibility index (Phi) is 9.37. The van der Waals surface area contributed by atoms with Gasteiger partial charge in [-0.3, -0.25) is 0 Å². The molecule has 27 heavy (non-hydrogen) atoms. The Balaban J connectivity index is 0.00000182. The largest absolute Gasteiger partial charge is 1.00 e. The summed E-state index contributed by atoms with van der Waals surface area (Å²) in [6.45, 7) is 2.26. The average molecular weight is 492 g/mol. The maximum atomic E-state index is 2.27. The molecule has 0 N–H and O–H groups in total. The lowest BCUT2D eigenvalue weighted by molar-refractivity contribution is -0.873. The Bertz CT molecular complexity index is 865. The number of rotatable bonds is 6. The Labute approximate surface area is 184 Å². The van der Waals surface area contributed by atoms with Crippen LogP contribution in [-0.2, 0) is 6.54 Å². The van der Waals surface area contributed by atoms with Crippen molar-refractivity contribution in [3.05, 3.63) is 78.1 Å². The van der Waals surface area contributed by atoms with Crippen molar-refractivity contribution in [1.29, 1.82) is 0 Å². The van der Waals surface area contributed by atoms with Crippen LogP contribution in [0.4, 0.5) is 0 Å². The fourth-order valence-electron chi connectivity index (χ4n) is 2.96. The zero-order valence-corrected chi connectivity index (χ0v) is 19.4. The summed E-state index contributed by atoms with van der Waals surface area (Å²) in [5.74, 6) is 0. The molecule has 0 fully saturated rings. The van der Waals surface area contributed by atoms with Gasteiger partial charge in [-0.05, 0) is 28.0 Å². The van der Waals surface area contributed by atoms with Gasteiger partial charge < -0.3 is 38.4 Å². The van der Waals surface area contributed by atoms with Gasteiger partial charge in [-0.1, -0.05) is 48.6 Å². The first-order valence-electron chi connectivity index (χ1n) is 8.96. The van der Waals surface area contributed by atoms with Crippen molar-refractivity contribution in [1.82, 2.24) is 0 Å². The van der Waals surface area contributed by atoms with E-state index in [-0.39, 0.29) is 34.0 Å². The zero-order chi connectivity index (χ0) is 17.7. The van der Waals surface area contributed by atoms with Crippen LogP contribution in [0.3, 0.4) is 0 Å². The van der Waals surface area contributed by atoms with Gasteiger partial charge in [0, 0.05) is 12.1 Å². The standard InChI is InChI=1S/C23H28N2.2BrH/c1-25(2,3)18-6-15-24-16-13-20(14-17-24)9-10-21-11-12-22-7-4-5-8-23(22)19-21;;/h4-5,7-14,16-17,19H,6,15,18H2,1-3H3;2*1H/q+2;;/p-2/b10-9+;;. The minimum absolute atomic E-state index is 0. The van der Waals surface area contributed by atoms with E-state index in [2.05, 4.69) is 105 Å². The quantitative estimate of drug-likeness (QED) is 0.289. The molecular formula is C23H28Br2N2. The highest BCUT2D eigenvalue weighted by Gasteiger charge is 2.08. The van der Waals surface area contributed by atoms with Crippen LogP contribution in [-0.4, -0.2) is 32.2 Å². The van der Waals surface area contributed by atoms with E-state index < -0.39 is 0 Å². The van der Waals surface area contributed by atoms with E-state index in [9.17, 15) is 0 Å². The topological polar surface area (TPSA) is 3.88 Å². The third-order valence-electron chi connectivity index (χ3n) is 4.40. The van der Waals surface area contributed by atoms with Crippen molar-refractivity contribution in [2.45, 2.75) is 13.0 Å². The summed E-state index contributed by atoms with van der Waals surface area (Å²) in [4.78, 5) is 0. The molecule has 0 aliphatic carbocycles. The van der Waals surface area contributed by atoms with Crippen molar-refractivity contribution in [3.63, 3.8) is 0 Å². The number of aryl methyl sites for hydroxylation is 1. The monoisotopic (exact) mass is 490 g/mol. The van der Waals surface area contributed by atoms with Crippen LogP contribution in [0.2, 0.25) is 0 Å². The number of halogens is 2. The van der Waals surface area contributed by atoms with Crippen molar-refractivity contribution >= 4 is 22.9 Å². The SMILES string of the molecule is C[N+](C)(C)CCC[n+]1ccc(/C=C/c2ccc3ccccc3c2)cc1.[Br-].[Br-]. The second-order valence-corrected chi connectivity index (χ2v) is 7.68. The average Bonchev–Trinajstić information content (AvgIpc) is 2.60. The molecule has 0 radical (unpaired) electrons. The Hall–Kier alpha value is -1.49. The van der Waals surface area contributed by atoms with E-state index in [0.29, 0.717) is 0 Å². The molecule has 0 unspecified atom stereocenters. The van der Waals surface area contributed by atoms with Crippen LogP contribution in [0.5, 0.6) is 0 Å². The molecule has 0 saturated carbocycles. The smallest absolute Gasteiger partial charge is 0.169 e. The molecule has 1 heterocycles. The maximum absolute atomic E-state index is 2.27. The molecule has 0 aliphatic rings. The van der Waals surface area contributed by atoms with Crippen LogP contribution in [0.1, 0.15) is 17.5 Å². The molecule has 1 aromatic heterocycles. The number of fused-ring (bicyclic) bond motifs is 1. The molecule has 2 aromatic carbocycles. The normalized spacial score (nSPS) is 11.2. The fraction of sp³-hybridized carbons (Fsp3) is 0.261. The van der Waals surface area contributed by atoms with Crippen molar-refractivity contribution in [2.24, 2.45) is 0 Å². The second kappa shape index (κ2) is 10.7. The van der Waals surface area contributed by atoms with Crippen LogP contribution >= 0.6 is 0 Å². The number of hydrogen-bond acceptors (Lipinski definition) is 0. The van der Waals surface area contributed by atoms with Gasteiger partial charge >= 0.3 is 0 Å². The first-order valence-corrected chi connectivity index (χ1v) is 8.96. The van der Waals surface area contributed by atoms with Gasteiger partial charge in [0.05, 0.1) is 34.1 Å². The van der Waals surface area contributed by atoms with Gasteiger partial charge in [0.1, 0.15) is 0 Å². The van der Waals surface area contributed by atoms with Gasteiger partial charge in [-0.2, -0.15) is 0 Å². The minimum Gasteiger partial charge on any atom is -1.00 e. The minimum atomic E-state index is 0. The Morgan fingerprint density at radius 3 is 2.07 bits per heavy atom. The number of benzene rings is 2. The summed E-state index contributed by atoms with van der Waals surface area (Å²) >= 11 is 0. The van der Waals surface area contributed by atoms with E-state index in [1.54, 1.807) is 0 Å². The van der Waals surface area contributed by atoms with Crippen molar-refractivity contribution in [2.75, 3.05) is 27.7 Å². The van der Waals surface area contributed by atoms with Crippen LogP contribution < -0.4 is 38.5 Å². The summed E-state index contributed by atoms with van der Waals surface area (Å²) < 4.78 is 3.29. The summed E-state index contributed by atoms with van der Waals surface area (Å²) in [5.41, 5.74) is 2.47. The van der Waals surface area contributed by atoms with E-state index in [1.807, 2.05) is 0 Å². The molecule has 0 amide bonds. The third kappa shape index (κ3) is 7.57. The number of pyridine rings is 1. The van der Waals surface area contributed by atoms with Crippen LogP contribution in [0.15, 0.2) is 67.0 Å². The summed E-state index contributed by atoms with van der Waals surface area (Å²) in [7, 11) is 6.72. The Morgan fingerprint density at radius 2 is 1.41 bits per heavy atom. The molecule has 0 bridgehead atoms. The van der Waals surface area contributed by atoms with Gasteiger partial charge in [-0.25, -0.2) is 4.57 Å². The lowest BCUT2D eigenvalue weighted by Gasteiger charge is -2.22. The lowest BCUT2D eigenvalue weighted by Crippen LogP contribution is -3.00. The predicted molar refractivity (Wildman–Crippen MR) is 107 cm³/mol. The second-order valence-electron chi connectivity index (χ2n) is 7.68. The number of quaternary nitrogens is 1. The summed E-state index contributed by atoms with van der Waals surface area (Å²) in [6, 6.07) is 19.4. The molecular weight excluding hydrogens is 464 g/mol. The first kappa shape index (κ1) is 23.5. The molecule has 3 aromatic rings. The molecule has 0 atom stereocenters. The first-order chi connectivity index (χ1) is 12.0. The van der Waals surface area contributed by atoms with Crippen molar-refractivity contribution < 1.29 is 43.0 Å². The van der Waals surface area contributed by atoms with Crippen LogP contribution in [0.25, 0.3) is 22.9 Å². The molecule has 0 saturated heterocycles. The molecule has 144 valence electrons. The molecule has 0 spiro atoms. The molecule has 2 nitrogen and oxygen atoms in total.